The van der Waals surface area contributed by atoms with Gasteiger partial charge in [0.2, 0.25) is 5.91 Å². The van der Waals surface area contributed by atoms with E-state index in [4.69, 9.17) is 4.74 Å². The summed E-state index contributed by atoms with van der Waals surface area (Å²) in [5.74, 6) is 0.857. The highest BCUT2D eigenvalue weighted by molar-refractivity contribution is 5.92. The van der Waals surface area contributed by atoms with Crippen molar-refractivity contribution in [1.29, 1.82) is 0 Å². The standard InChI is InChI=1S/C16H25N3O2/c1-3-19(14-9-10-17-11-14)12-16(20)18-13-5-7-15(8-6-13)21-4-2/h5-8,14,17H,3-4,9-12H2,1-2H3,(H,18,20). The summed E-state index contributed by atoms with van der Waals surface area (Å²) >= 11 is 0. The summed E-state index contributed by atoms with van der Waals surface area (Å²) in [7, 11) is 0. The van der Waals surface area contributed by atoms with Gasteiger partial charge in [-0.1, -0.05) is 6.92 Å². The molecule has 1 amide bonds. The largest absolute Gasteiger partial charge is 0.494 e. The first-order valence-electron chi connectivity index (χ1n) is 7.70. The van der Waals surface area contributed by atoms with Crippen molar-refractivity contribution in [3.05, 3.63) is 24.3 Å². The molecule has 1 fully saturated rings. The molecule has 1 atom stereocenters. The number of ether oxygens (including phenoxy) is 1. The third-order valence-corrected chi connectivity index (χ3v) is 3.75. The van der Waals surface area contributed by atoms with Gasteiger partial charge in [-0.05, 0) is 50.7 Å². The molecule has 0 radical (unpaired) electrons. The van der Waals surface area contributed by atoms with E-state index in [1.807, 2.05) is 31.2 Å². The Labute approximate surface area is 126 Å². The maximum Gasteiger partial charge on any atom is 0.238 e. The van der Waals surface area contributed by atoms with Crippen LogP contribution in [0.1, 0.15) is 20.3 Å². The van der Waals surface area contributed by atoms with Crippen LogP contribution >= 0.6 is 0 Å². The van der Waals surface area contributed by atoms with Crippen molar-refractivity contribution in [3.8, 4) is 5.75 Å². The number of rotatable bonds is 7. The molecule has 0 aromatic heterocycles. The van der Waals surface area contributed by atoms with Crippen LogP contribution in [0.4, 0.5) is 5.69 Å². The number of anilines is 1. The van der Waals surface area contributed by atoms with Crippen molar-refractivity contribution in [2.75, 3.05) is 38.1 Å². The Balaban J connectivity index is 1.85. The molecule has 1 aromatic carbocycles. The van der Waals surface area contributed by atoms with Crippen molar-refractivity contribution in [3.63, 3.8) is 0 Å². The monoisotopic (exact) mass is 291 g/mol. The zero-order valence-corrected chi connectivity index (χ0v) is 12.9. The lowest BCUT2D eigenvalue weighted by atomic mass is 10.2. The van der Waals surface area contributed by atoms with Crippen molar-refractivity contribution >= 4 is 11.6 Å². The highest BCUT2D eigenvalue weighted by Gasteiger charge is 2.22. The van der Waals surface area contributed by atoms with Gasteiger partial charge >= 0.3 is 0 Å². The molecule has 1 saturated heterocycles. The highest BCUT2D eigenvalue weighted by atomic mass is 16.5. The minimum Gasteiger partial charge on any atom is -0.494 e. The topological polar surface area (TPSA) is 53.6 Å². The summed E-state index contributed by atoms with van der Waals surface area (Å²) in [6.07, 6.45) is 1.12. The molecule has 2 N–H and O–H groups in total. The summed E-state index contributed by atoms with van der Waals surface area (Å²) in [4.78, 5) is 14.4. The molecule has 0 saturated carbocycles. The Morgan fingerprint density at radius 1 is 1.38 bits per heavy atom. The molecule has 116 valence electrons. The zero-order chi connectivity index (χ0) is 15.1. The average molecular weight is 291 g/mol. The molecular weight excluding hydrogens is 266 g/mol. The zero-order valence-electron chi connectivity index (χ0n) is 12.9. The van der Waals surface area contributed by atoms with Gasteiger partial charge in [0.15, 0.2) is 0 Å². The fourth-order valence-electron chi connectivity index (χ4n) is 2.64. The summed E-state index contributed by atoms with van der Waals surface area (Å²) in [6.45, 7) is 8.05. The van der Waals surface area contributed by atoms with Gasteiger partial charge in [0.1, 0.15) is 5.75 Å². The number of carbonyl (C=O) groups is 1. The number of amides is 1. The van der Waals surface area contributed by atoms with E-state index in [0.29, 0.717) is 19.2 Å². The van der Waals surface area contributed by atoms with Crippen molar-refractivity contribution in [2.24, 2.45) is 0 Å². The Kier molecular flexibility index (Phi) is 6.02. The van der Waals surface area contributed by atoms with Crippen LogP contribution in [0.5, 0.6) is 5.75 Å². The number of likely N-dealkylation sites (N-methyl/N-ethyl adjacent to an activating group) is 1. The van der Waals surface area contributed by atoms with Crippen molar-refractivity contribution in [1.82, 2.24) is 10.2 Å². The molecule has 1 aliphatic heterocycles. The minimum atomic E-state index is 0.0351. The maximum absolute atomic E-state index is 12.1. The van der Waals surface area contributed by atoms with Gasteiger partial charge in [-0.15, -0.1) is 0 Å². The van der Waals surface area contributed by atoms with Gasteiger partial charge in [0.05, 0.1) is 13.2 Å². The molecule has 5 heteroatoms. The van der Waals surface area contributed by atoms with E-state index in [2.05, 4.69) is 22.5 Å². The van der Waals surface area contributed by atoms with Crippen molar-refractivity contribution in [2.45, 2.75) is 26.3 Å². The molecule has 0 aliphatic carbocycles. The number of nitrogens with one attached hydrogen (secondary N) is 2. The molecule has 1 unspecified atom stereocenters. The predicted molar refractivity (Wildman–Crippen MR) is 84.8 cm³/mol. The second-order valence-corrected chi connectivity index (χ2v) is 5.22. The normalized spacial score (nSPS) is 18.0. The lowest BCUT2D eigenvalue weighted by Gasteiger charge is -2.26. The van der Waals surface area contributed by atoms with Crippen LogP contribution < -0.4 is 15.4 Å². The molecule has 0 spiro atoms. The molecule has 2 rings (SSSR count). The van der Waals surface area contributed by atoms with E-state index in [-0.39, 0.29) is 5.91 Å². The Morgan fingerprint density at radius 3 is 2.71 bits per heavy atom. The third-order valence-electron chi connectivity index (χ3n) is 3.75. The summed E-state index contributed by atoms with van der Waals surface area (Å²) < 4.78 is 5.39. The number of carbonyl (C=O) groups excluding carboxylic acids is 1. The van der Waals surface area contributed by atoms with Gasteiger partial charge in [-0.25, -0.2) is 0 Å². The van der Waals surface area contributed by atoms with Gasteiger partial charge in [0, 0.05) is 18.3 Å². The van der Waals surface area contributed by atoms with E-state index in [1.165, 1.54) is 0 Å². The number of hydrogen-bond donors (Lipinski definition) is 2. The van der Waals surface area contributed by atoms with Crippen molar-refractivity contribution < 1.29 is 9.53 Å². The molecule has 1 heterocycles. The first kappa shape index (κ1) is 15.8. The van der Waals surface area contributed by atoms with Crippen LogP contribution in [0.25, 0.3) is 0 Å². The highest BCUT2D eigenvalue weighted by Crippen LogP contribution is 2.16. The Bertz CT molecular complexity index is 441. The lowest BCUT2D eigenvalue weighted by molar-refractivity contribution is -0.117. The van der Waals surface area contributed by atoms with Gasteiger partial charge in [0.25, 0.3) is 0 Å². The first-order chi connectivity index (χ1) is 10.2. The van der Waals surface area contributed by atoms with E-state index in [9.17, 15) is 4.79 Å². The van der Waals surface area contributed by atoms with E-state index < -0.39 is 0 Å². The van der Waals surface area contributed by atoms with Gasteiger partial charge < -0.3 is 15.4 Å². The molecule has 1 aliphatic rings. The minimum absolute atomic E-state index is 0.0351. The fourth-order valence-corrected chi connectivity index (χ4v) is 2.64. The molecule has 5 nitrogen and oxygen atoms in total. The van der Waals surface area contributed by atoms with Gasteiger partial charge in [-0.2, -0.15) is 0 Å². The van der Waals surface area contributed by atoms with E-state index >= 15 is 0 Å². The lowest BCUT2D eigenvalue weighted by Crippen LogP contribution is -2.41. The van der Waals surface area contributed by atoms with Crippen LogP contribution in [0.3, 0.4) is 0 Å². The summed E-state index contributed by atoms with van der Waals surface area (Å²) in [5.41, 5.74) is 0.809. The summed E-state index contributed by atoms with van der Waals surface area (Å²) in [5, 5.41) is 6.28. The van der Waals surface area contributed by atoms with E-state index in [0.717, 1.165) is 37.5 Å². The maximum atomic E-state index is 12.1. The van der Waals surface area contributed by atoms with Crippen LogP contribution in [-0.4, -0.2) is 49.6 Å². The van der Waals surface area contributed by atoms with Crippen LogP contribution in [0.2, 0.25) is 0 Å². The number of benzene rings is 1. The quantitative estimate of drug-likeness (QED) is 0.803. The molecular formula is C16H25N3O2. The average Bonchev–Trinajstić information content (AvgIpc) is 3.01. The van der Waals surface area contributed by atoms with Crippen LogP contribution in [0, 0.1) is 0 Å². The second kappa shape index (κ2) is 8.00. The predicted octanol–water partition coefficient (Wildman–Crippen LogP) is 1.71. The van der Waals surface area contributed by atoms with Gasteiger partial charge in [-0.3, -0.25) is 9.69 Å². The van der Waals surface area contributed by atoms with Crippen LogP contribution in [0.15, 0.2) is 24.3 Å². The smallest absolute Gasteiger partial charge is 0.238 e. The Morgan fingerprint density at radius 2 is 2.14 bits per heavy atom. The van der Waals surface area contributed by atoms with Crippen LogP contribution in [-0.2, 0) is 4.79 Å². The fraction of sp³-hybridized carbons (Fsp3) is 0.562. The molecule has 21 heavy (non-hydrogen) atoms. The SMILES string of the molecule is CCOc1ccc(NC(=O)CN(CC)C2CCNC2)cc1. The molecule has 1 aromatic rings. The molecule has 0 bridgehead atoms. The first-order valence-corrected chi connectivity index (χ1v) is 7.70. The number of nitrogens with zero attached hydrogens (tertiary/aromatic N) is 1. The second-order valence-electron chi connectivity index (χ2n) is 5.22. The van der Waals surface area contributed by atoms with E-state index in [1.54, 1.807) is 0 Å². The third kappa shape index (κ3) is 4.72. The number of hydrogen-bond acceptors (Lipinski definition) is 4. The summed E-state index contributed by atoms with van der Waals surface area (Å²) in [6, 6.07) is 7.96. The Hall–Kier alpha value is -1.59.